The van der Waals surface area contributed by atoms with Crippen LogP contribution in [0.3, 0.4) is 0 Å². The van der Waals surface area contributed by atoms with Gasteiger partial charge in [-0.15, -0.1) is 0 Å². The zero-order chi connectivity index (χ0) is 11.8. The molecular formula is C13H21NO2. The van der Waals surface area contributed by atoms with Crippen molar-refractivity contribution in [3.8, 4) is 5.75 Å². The summed E-state index contributed by atoms with van der Waals surface area (Å²) < 4.78 is 10.7. The molecule has 1 rings (SSSR count). The molecule has 1 aromatic rings. The van der Waals surface area contributed by atoms with Crippen LogP contribution in [0.4, 0.5) is 0 Å². The molecule has 0 bridgehead atoms. The highest BCUT2D eigenvalue weighted by molar-refractivity contribution is 5.35. The first-order chi connectivity index (χ1) is 7.83. The van der Waals surface area contributed by atoms with E-state index >= 15 is 0 Å². The van der Waals surface area contributed by atoms with Crippen LogP contribution in [-0.2, 0) is 4.74 Å². The molecule has 90 valence electrons. The van der Waals surface area contributed by atoms with Crippen molar-refractivity contribution in [3.05, 3.63) is 29.8 Å². The lowest BCUT2D eigenvalue weighted by molar-refractivity contribution is 0.145. The molecule has 1 atom stereocenters. The van der Waals surface area contributed by atoms with Crippen molar-refractivity contribution in [3.63, 3.8) is 0 Å². The quantitative estimate of drug-likeness (QED) is 0.720. The van der Waals surface area contributed by atoms with Crippen molar-refractivity contribution in [1.82, 2.24) is 5.32 Å². The first-order valence-electron chi connectivity index (χ1n) is 5.71. The summed E-state index contributed by atoms with van der Waals surface area (Å²) in [5.41, 5.74) is 1.21. The number of para-hydroxylation sites is 1. The first kappa shape index (κ1) is 13.0. The van der Waals surface area contributed by atoms with Gasteiger partial charge in [0.05, 0.1) is 6.61 Å². The molecule has 3 heteroatoms. The van der Waals surface area contributed by atoms with Crippen molar-refractivity contribution < 1.29 is 9.47 Å². The van der Waals surface area contributed by atoms with Crippen LogP contribution in [0, 0.1) is 0 Å². The number of nitrogens with one attached hydrogen (secondary N) is 1. The zero-order valence-corrected chi connectivity index (χ0v) is 10.3. The number of methoxy groups -OCH3 is 1. The fraction of sp³-hybridized carbons (Fsp3) is 0.538. The van der Waals surface area contributed by atoms with Crippen molar-refractivity contribution in [2.45, 2.75) is 19.4 Å². The minimum Gasteiger partial charge on any atom is -0.491 e. The maximum atomic E-state index is 5.70. The largest absolute Gasteiger partial charge is 0.491 e. The van der Waals surface area contributed by atoms with Gasteiger partial charge in [-0.2, -0.15) is 0 Å². The Morgan fingerprint density at radius 1 is 1.25 bits per heavy atom. The smallest absolute Gasteiger partial charge is 0.124 e. The second-order valence-corrected chi connectivity index (χ2v) is 3.63. The summed E-state index contributed by atoms with van der Waals surface area (Å²) in [7, 11) is 3.65. The summed E-state index contributed by atoms with van der Waals surface area (Å²) in [4.78, 5) is 0. The van der Waals surface area contributed by atoms with Gasteiger partial charge < -0.3 is 14.8 Å². The number of ether oxygens (including phenoxy) is 2. The number of hydrogen-bond acceptors (Lipinski definition) is 3. The Balaban J connectivity index is 2.74. The van der Waals surface area contributed by atoms with Gasteiger partial charge >= 0.3 is 0 Å². The monoisotopic (exact) mass is 223 g/mol. The molecule has 0 radical (unpaired) electrons. The molecule has 0 aliphatic rings. The molecule has 0 aliphatic heterocycles. The van der Waals surface area contributed by atoms with Gasteiger partial charge in [0, 0.05) is 18.7 Å². The van der Waals surface area contributed by atoms with Gasteiger partial charge in [-0.1, -0.05) is 25.1 Å². The van der Waals surface area contributed by atoms with Gasteiger partial charge in [0.1, 0.15) is 12.4 Å². The fourth-order valence-electron chi connectivity index (χ4n) is 1.71. The normalized spacial score (nSPS) is 12.4. The average molecular weight is 223 g/mol. The Morgan fingerprint density at radius 2 is 2.00 bits per heavy atom. The predicted octanol–water partition coefficient (Wildman–Crippen LogP) is 2.38. The van der Waals surface area contributed by atoms with Gasteiger partial charge in [0.15, 0.2) is 0 Å². The van der Waals surface area contributed by atoms with E-state index in [1.54, 1.807) is 7.11 Å². The lowest BCUT2D eigenvalue weighted by Crippen LogP contribution is -2.17. The molecule has 0 saturated carbocycles. The zero-order valence-electron chi connectivity index (χ0n) is 10.3. The minimum atomic E-state index is 0.346. The van der Waals surface area contributed by atoms with E-state index in [2.05, 4.69) is 18.3 Å². The van der Waals surface area contributed by atoms with Gasteiger partial charge in [-0.3, -0.25) is 0 Å². The van der Waals surface area contributed by atoms with Crippen LogP contribution in [0.2, 0.25) is 0 Å². The standard InChI is InChI=1S/C13H21NO2/c1-4-12(14-2)11-7-5-6-8-13(11)16-10-9-15-3/h5-8,12,14H,4,9-10H2,1-3H3. The topological polar surface area (TPSA) is 30.5 Å². The van der Waals surface area contributed by atoms with Crippen LogP contribution >= 0.6 is 0 Å². The molecule has 1 N–H and O–H groups in total. The molecule has 0 heterocycles. The summed E-state index contributed by atoms with van der Waals surface area (Å²) in [6.45, 7) is 3.37. The van der Waals surface area contributed by atoms with Crippen molar-refractivity contribution >= 4 is 0 Å². The van der Waals surface area contributed by atoms with Crippen LogP contribution in [0.15, 0.2) is 24.3 Å². The van der Waals surface area contributed by atoms with E-state index in [0.717, 1.165) is 12.2 Å². The van der Waals surface area contributed by atoms with Crippen LogP contribution in [0.25, 0.3) is 0 Å². The number of hydrogen-bond donors (Lipinski definition) is 1. The summed E-state index contributed by atoms with van der Waals surface area (Å²) in [5.74, 6) is 0.945. The van der Waals surface area contributed by atoms with Gasteiger partial charge in [0.25, 0.3) is 0 Å². The second kappa shape index (κ2) is 7.25. The predicted molar refractivity (Wildman–Crippen MR) is 65.9 cm³/mol. The van der Waals surface area contributed by atoms with E-state index in [1.807, 2.05) is 25.2 Å². The maximum Gasteiger partial charge on any atom is 0.124 e. The van der Waals surface area contributed by atoms with Gasteiger partial charge in [0.2, 0.25) is 0 Å². The third kappa shape index (κ3) is 3.51. The fourth-order valence-corrected chi connectivity index (χ4v) is 1.71. The SMILES string of the molecule is CCC(NC)c1ccccc1OCCOC. The average Bonchev–Trinajstić information content (AvgIpc) is 2.33. The third-order valence-corrected chi connectivity index (χ3v) is 2.60. The summed E-state index contributed by atoms with van der Waals surface area (Å²) >= 11 is 0. The van der Waals surface area contributed by atoms with E-state index in [4.69, 9.17) is 9.47 Å². The molecule has 0 aromatic heterocycles. The third-order valence-electron chi connectivity index (χ3n) is 2.60. The second-order valence-electron chi connectivity index (χ2n) is 3.63. The lowest BCUT2D eigenvalue weighted by atomic mass is 10.0. The van der Waals surface area contributed by atoms with E-state index in [1.165, 1.54) is 5.56 Å². The Bertz CT molecular complexity index is 298. The molecule has 1 aromatic carbocycles. The Kier molecular flexibility index (Phi) is 5.90. The maximum absolute atomic E-state index is 5.70. The number of benzene rings is 1. The highest BCUT2D eigenvalue weighted by Gasteiger charge is 2.11. The van der Waals surface area contributed by atoms with E-state index in [-0.39, 0.29) is 0 Å². The molecule has 0 saturated heterocycles. The summed E-state index contributed by atoms with van der Waals surface area (Å²) in [6, 6.07) is 8.49. The molecule has 0 aliphatic carbocycles. The van der Waals surface area contributed by atoms with Crippen molar-refractivity contribution in [1.29, 1.82) is 0 Å². The minimum absolute atomic E-state index is 0.346. The van der Waals surface area contributed by atoms with Crippen LogP contribution < -0.4 is 10.1 Å². The first-order valence-corrected chi connectivity index (χ1v) is 5.71. The van der Waals surface area contributed by atoms with E-state index < -0.39 is 0 Å². The Hall–Kier alpha value is -1.06. The lowest BCUT2D eigenvalue weighted by Gasteiger charge is -2.18. The molecule has 0 fully saturated rings. The van der Waals surface area contributed by atoms with Crippen LogP contribution in [0.5, 0.6) is 5.75 Å². The molecular weight excluding hydrogens is 202 g/mol. The molecule has 3 nitrogen and oxygen atoms in total. The highest BCUT2D eigenvalue weighted by atomic mass is 16.5. The molecule has 0 amide bonds. The molecule has 1 unspecified atom stereocenters. The van der Waals surface area contributed by atoms with Gasteiger partial charge in [-0.05, 0) is 19.5 Å². The highest BCUT2D eigenvalue weighted by Crippen LogP contribution is 2.26. The number of rotatable bonds is 7. The summed E-state index contributed by atoms with van der Waals surface area (Å²) in [6.07, 6.45) is 1.04. The van der Waals surface area contributed by atoms with Crippen molar-refractivity contribution in [2.24, 2.45) is 0 Å². The van der Waals surface area contributed by atoms with E-state index in [0.29, 0.717) is 19.3 Å². The summed E-state index contributed by atoms with van der Waals surface area (Å²) in [5, 5.41) is 3.29. The molecule has 0 spiro atoms. The van der Waals surface area contributed by atoms with Gasteiger partial charge in [-0.25, -0.2) is 0 Å². The molecule has 16 heavy (non-hydrogen) atoms. The Morgan fingerprint density at radius 3 is 2.62 bits per heavy atom. The van der Waals surface area contributed by atoms with Crippen LogP contribution in [0.1, 0.15) is 24.9 Å². The van der Waals surface area contributed by atoms with E-state index in [9.17, 15) is 0 Å². The van der Waals surface area contributed by atoms with Crippen molar-refractivity contribution in [2.75, 3.05) is 27.4 Å². The van der Waals surface area contributed by atoms with Crippen LogP contribution in [-0.4, -0.2) is 27.4 Å². The Labute approximate surface area is 97.8 Å².